The quantitative estimate of drug-likeness (QED) is 0.450. The summed E-state index contributed by atoms with van der Waals surface area (Å²) < 4.78 is 0. The van der Waals surface area contributed by atoms with Crippen LogP contribution in [0.15, 0.2) is 0 Å². The van der Waals surface area contributed by atoms with Gasteiger partial charge in [0.15, 0.2) is 0 Å². The van der Waals surface area contributed by atoms with Gasteiger partial charge in [0.1, 0.15) is 0 Å². The molecule has 0 aromatic rings. The number of hydrogen-bond donors (Lipinski definition) is 1. The molecule has 0 atom stereocenters. The van der Waals surface area contributed by atoms with Crippen LogP contribution in [0.4, 0.5) is 0 Å². The highest BCUT2D eigenvalue weighted by molar-refractivity contribution is 4.87. The highest BCUT2D eigenvalue weighted by Crippen LogP contribution is 1.89. The van der Waals surface area contributed by atoms with Gasteiger partial charge >= 0.3 is 0 Å². The molecule has 0 aliphatic carbocycles. The first-order chi connectivity index (χ1) is 6.35. The first-order valence-electron chi connectivity index (χ1n) is 5.21. The lowest BCUT2D eigenvalue weighted by atomic mass is 10.3. The molecule has 0 saturated carbocycles. The molecule has 0 fully saturated rings. The first kappa shape index (κ1) is 12.5. The largest absolute Gasteiger partial charge is 0.317 e. The minimum atomic E-state index is 0.782. The van der Waals surface area contributed by atoms with Gasteiger partial charge in [-0.2, -0.15) is 0 Å². The maximum absolute atomic E-state index is 5.25. The lowest BCUT2D eigenvalue weighted by molar-refractivity contribution is 0.317. The van der Waals surface area contributed by atoms with E-state index in [0.29, 0.717) is 0 Å². The molecule has 0 saturated heterocycles. The van der Waals surface area contributed by atoms with Crippen molar-refractivity contribution in [2.45, 2.75) is 26.7 Å². The number of nitrogens with zero attached hydrogens (tertiary/aromatic N) is 1. The Kier molecular flexibility index (Phi) is 9.18. The second-order valence-corrected chi connectivity index (χ2v) is 3.18. The third kappa shape index (κ3) is 7.83. The van der Waals surface area contributed by atoms with Crippen LogP contribution in [0, 0.1) is 12.3 Å². The van der Waals surface area contributed by atoms with Crippen LogP contribution in [0.3, 0.4) is 0 Å². The molecule has 0 unspecified atom stereocenters. The van der Waals surface area contributed by atoms with Gasteiger partial charge in [-0.3, -0.25) is 4.90 Å². The summed E-state index contributed by atoms with van der Waals surface area (Å²) in [6.07, 6.45) is 7.65. The van der Waals surface area contributed by atoms with Crippen LogP contribution in [-0.2, 0) is 0 Å². The SMILES string of the molecule is C#CCN(CC)CCCNCCC. The van der Waals surface area contributed by atoms with Crippen molar-refractivity contribution in [2.24, 2.45) is 0 Å². The zero-order valence-corrected chi connectivity index (χ0v) is 8.97. The van der Waals surface area contributed by atoms with Gasteiger partial charge in [0.2, 0.25) is 0 Å². The van der Waals surface area contributed by atoms with Crippen LogP contribution >= 0.6 is 0 Å². The molecule has 0 rings (SSSR count). The summed E-state index contributed by atoms with van der Waals surface area (Å²) in [4.78, 5) is 2.29. The van der Waals surface area contributed by atoms with Crippen molar-refractivity contribution >= 4 is 0 Å². The molecule has 76 valence electrons. The monoisotopic (exact) mass is 182 g/mol. The van der Waals surface area contributed by atoms with Crippen LogP contribution in [0.5, 0.6) is 0 Å². The molecule has 0 aromatic carbocycles. The van der Waals surface area contributed by atoms with Crippen molar-refractivity contribution < 1.29 is 0 Å². The number of rotatable bonds is 8. The van der Waals surface area contributed by atoms with Gasteiger partial charge in [-0.25, -0.2) is 0 Å². The van der Waals surface area contributed by atoms with Crippen LogP contribution < -0.4 is 5.32 Å². The molecule has 0 radical (unpaired) electrons. The van der Waals surface area contributed by atoms with Gasteiger partial charge in [0.05, 0.1) is 6.54 Å². The molecule has 0 aromatic heterocycles. The van der Waals surface area contributed by atoms with Gasteiger partial charge in [0, 0.05) is 6.54 Å². The van der Waals surface area contributed by atoms with E-state index in [1.165, 1.54) is 12.8 Å². The Labute approximate surface area is 82.7 Å². The molecule has 0 bridgehead atoms. The van der Waals surface area contributed by atoms with E-state index in [0.717, 1.165) is 32.7 Å². The topological polar surface area (TPSA) is 15.3 Å². The summed E-state index contributed by atoms with van der Waals surface area (Å²) >= 11 is 0. The lowest BCUT2D eigenvalue weighted by Crippen LogP contribution is -2.28. The fourth-order valence-corrected chi connectivity index (χ4v) is 1.21. The minimum absolute atomic E-state index is 0.782. The van der Waals surface area contributed by atoms with Crippen LogP contribution in [0.2, 0.25) is 0 Å². The maximum atomic E-state index is 5.25. The van der Waals surface area contributed by atoms with Crippen molar-refractivity contribution in [2.75, 3.05) is 32.7 Å². The predicted octanol–water partition coefficient (Wildman–Crippen LogP) is 1.33. The van der Waals surface area contributed by atoms with Crippen LogP contribution in [0.1, 0.15) is 26.7 Å². The molecule has 0 heterocycles. The van der Waals surface area contributed by atoms with Crippen LogP contribution in [0.25, 0.3) is 0 Å². The molecule has 13 heavy (non-hydrogen) atoms. The fourth-order valence-electron chi connectivity index (χ4n) is 1.21. The maximum Gasteiger partial charge on any atom is 0.0598 e. The van der Waals surface area contributed by atoms with Crippen molar-refractivity contribution in [3.8, 4) is 12.3 Å². The predicted molar refractivity (Wildman–Crippen MR) is 58.7 cm³/mol. The Morgan fingerprint density at radius 1 is 1.31 bits per heavy atom. The van der Waals surface area contributed by atoms with Crippen molar-refractivity contribution in [3.63, 3.8) is 0 Å². The molecular weight excluding hydrogens is 160 g/mol. The third-order valence-electron chi connectivity index (χ3n) is 2.02. The zero-order valence-electron chi connectivity index (χ0n) is 8.97. The Balaban J connectivity index is 3.23. The molecule has 0 aliphatic heterocycles. The molecule has 0 aliphatic rings. The normalized spacial score (nSPS) is 10.3. The van der Waals surface area contributed by atoms with Gasteiger partial charge < -0.3 is 5.32 Å². The zero-order chi connectivity index (χ0) is 9.94. The van der Waals surface area contributed by atoms with E-state index in [1.54, 1.807) is 0 Å². The summed E-state index contributed by atoms with van der Waals surface area (Å²) in [6.45, 7) is 9.51. The van der Waals surface area contributed by atoms with E-state index >= 15 is 0 Å². The van der Waals surface area contributed by atoms with Gasteiger partial charge in [-0.05, 0) is 32.5 Å². The molecule has 0 amide bonds. The molecule has 2 heteroatoms. The van der Waals surface area contributed by atoms with Gasteiger partial charge in [-0.15, -0.1) is 6.42 Å². The average molecular weight is 182 g/mol. The summed E-state index contributed by atoms with van der Waals surface area (Å²) in [6, 6.07) is 0. The molecule has 0 spiro atoms. The number of terminal acetylenes is 1. The van der Waals surface area contributed by atoms with E-state index in [9.17, 15) is 0 Å². The molecule has 1 N–H and O–H groups in total. The lowest BCUT2D eigenvalue weighted by Gasteiger charge is -2.16. The third-order valence-corrected chi connectivity index (χ3v) is 2.02. The van der Waals surface area contributed by atoms with Crippen LogP contribution in [-0.4, -0.2) is 37.6 Å². The van der Waals surface area contributed by atoms with Gasteiger partial charge in [-0.1, -0.05) is 19.8 Å². The summed E-state index contributed by atoms with van der Waals surface area (Å²) in [5.74, 6) is 2.68. The number of hydrogen-bond acceptors (Lipinski definition) is 2. The highest BCUT2D eigenvalue weighted by atomic mass is 15.1. The molecular formula is C11H22N2. The Morgan fingerprint density at radius 3 is 2.62 bits per heavy atom. The molecule has 2 nitrogen and oxygen atoms in total. The van der Waals surface area contributed by atoms with E-state index < -0.39 is 0 Å². The van der Waals surface area contributed by atoms with Crippen molar-refractivity contribution in [3.05, 3.63) is 0 Å². The van der Waals surface area contributed by atoms with E-state index in [2.05, 4.69) is 30.0 Å². The summed E-state index contributed by atoms with van der Waals surface area (Å²) in [5, 5.41) is 3.38. The fraction of sp³-hybridized carbons (Fsp3) is 0.818. The standard InChI is InChI=1S/C11H22N2/c1-4-8-12-9-7-11-13(6-3)10-5-2/h2,12H,4,6-11H2,1,3H3. The van der Waals surface area contributed by atoms with E-state index in [-0.39, 0.29) is 0 Å². The van der Waals surface area contributed by atoms with E-state index in [1.807, 2.05) is 0 Å². The van der Waals surface area contributed by atoms with Crippen molar-refractivity contribution in [1.29, 1.82) is 0 Å². The highest BCUT2D eigenvalue weighted by Gasteiger charge is 1.98. The second kappa shape index (κ2) is 9.57. The Bertz CT molecular complexity index is 138. The summed E-state index contributed by atoms with van der Waals surface area (Å²) in [7, 11) is 0. The van der Waals surface area contributed by atoms with Crippen molar-refractivity contribution in [1.82, 2.24) is 10.2 Å². The minimum Gasteiger partial charge on any atom is -0.317 e. The second-order valence-electron chi connectivity index (χ2n) is 3.18. The number of nitrogens with one attached hydrogen (secondary N) is 1. The Morgan fingerprint density at radius 2 is 2.08 bits per heavy atom. The Hall–Kier alpha value is -0.520. The average Bonchev–Trinajstić information content (AvgIpc) is 2.16. The summed E-state index contributed by atoms with van der Waals surface area (Å²) in [5.41, 5.74) is 0. The first-order valence-corrected chi connectivity index (χ1v) is 5.21. The van der Waals surface area contributed by atoms with E-state index in [4.69, 9.17) is 6.42 Å². The smallest absolute Gasteiger partial charge is 0.0598 e. The van der Waals surface area contributed by atoms with Gasteiger partial charge in [0.25, 0.3) is 0 Å².